The van der Waals surface area contributed by atoms with Crippen molar-refractivity contribution in [3.8, 4) is 11.5 Å². The molecular weight excluding hydrogens is 524 g/mol. The lowest BCUT2D eigenvalue weighted by atomic mass is 10.0. The minimum atomic E-state index is -0.428. The highest BCUT2D eigenvalue weighted by Crippen LogP contribution is 2.24. The number of aromatic nitrogens is 1. The van der Waals surface area contributed by atoms with Crippen LogP contribution in [0.3, 0.4) is 0 Å². The lowest BCUT2D eigenvalue weighted by molar-refractivity contribution is -0.00834. The van der Waals surface area contributed by atoms with E-state index in [2.05, 4.69) is 39.4 Å². The average molecular weight is 557 g/mol. The molecule has 1 aliphatic heterocycles. The van der Waals surface area contributed by atoms with Gasteiger partial charge in [0.05, 0.1) is 26.0 Å². The van der Waals surface area contributed by atoms with Crippen molar-refractivity contribution in [1.29, 1.82) is 0 Å². The molecule has 9 heteroatoms. The normalized spacial score (nSPS) is 15.1. The Labute approximate surface area is 206 Å². The summed E-state index contributed by atoms with van der Waals surface area (Å²) in [6.07, 6.45) is 3.19. The zero-order valence-electron chi connectivity index (χ0n) is 18.9. The van der Waals surface area contributed by atoms with Crippen molar-refractivity contribution < 1.29 is 13.9 Å². The maximum atomic E-state index is 14.5. The van der Waals surface area contributed by atoms with E-state index in [0.29, 0.717) is 18.3 Å². The third-order valence-corrected chi connectivity index (χ3v) is 5.18. The zero-order valence-corrected chi connectivity index (χ0v) is 21.3. The number of hydrogen-bond acceptors (Lipinski definition) is 5. The molecule has 0 spiro atoms. The van der Waals surface area contributed by atoms with E-state index in [1.54, 1.807) is 30.6 Å². The van der Waals surface area contributed by atoms with Gasteiger partial charge in [-0.2, -0.15) is 0 Å². The molecule has 0 aliphatic carbocycles. The average Bonchev–Trinajstić information content (AvgIpc) is 2.79. The van der Waals surface area contributed by atoms with Gasteiger partial charge in [-0.05, 0) is 50.6 Å². The predicted octanol–water partition coefficient (Wildman–Crippen LogP) is 3.80. The van der Waals surface area contributed by atoms with Gasteiger partial charge in [0.2, 0.25) is 0 Å². The Hall–Kier alpha value is -1.98. The maximum Gasteiger partial charge on any atom is 0.191 e. The van der Waals surface area contributed by atoms with E-state index >= 15 is 0 Å². The molecule has 1 fully saturated rings. The number of rotatable bonds is 8. The summed E-state index contributed by atoms with van der Waals surface area (Å²) in [5, 5.41) is 6.68. The number of hydrogen-bond donors (Lipinski definition) is 2. The Morgan fingerprint density at radius 2 is 2.03 bits per heavy atom. The van der Waals surface area contributed by atoms with Crippen LogP contribution in [0, 0.1) is 5.82 Å². The van der Waals surface area contributed by atoms with Crippen LogP contribution in [-0.4, -0.2) is 60.8 Å². The van der Waals surface area contributed by atoms with Gasteiger partial charge >= 0.3 is 0 Å². The number of guanidine groups is 1. The molecule has 1 saturated heterocycles. The second kappa shape index (κ2) is 12.9. The first-order valence-electron chi connectivity index (χ1n) is 10.7. The van der Waals surface area contributed by atoms with Crippen LogP contribution in [0.2, 0.25) is 0 Å². The van der Waals surface area contributed by atoms with E-state index in [9.17, 15) is 4.39 Å². The highest BCUT2D eigenvalue weighted by Gasteiger charge is 2.28. The molecule has 32 heavy (non-hydrogen) atoms. The van der Waals surface area contributed by atoms with Crippen LogP contribution in [0.5, 0.6) is 11.5 Å². The van der Waals surface area contributed by atoms with E-state index in [1.807, 2.05) is 13.0 Å². The topological polar surface area (TPSA) is 71.0 Å². The van der Waals surface area contributed by atoms with Gasteiger partial charge in [-0.15, -0.1) is 24.0 Å². The lowest BCUT2D eigenvalue weighted by Crippen LogP contribution is -2.56. The van der Waals surface area contributed by atoms with Crippen LogP contribution in [0.25, 0.3) is 0 Å². The van der Waals surface area contributed by atoms with Crippen molar-refractivity contribution in [1.82, 2.24) is 20.5 Å². The van der Waals surface area contributed by atoms with E-state index in [0.717, 1.165) is 45.0 Å². The van der Waals surface area contributed by atoms with Crippen molar-refractivity contribution in [2.24, 2.45) is 4.99 Å². The Morgan fingerprint density at radius 3 is 2.69 bits per heavy atom. The fraction of sp³-hybridized carbons (Fsp3) is 0.478. The second-order valence-electron chi connectivity index (χ2n) is 8.02. The van der Waals surface area contributed by atoms with Crippen LogP contribution in [-0.2, 0) is 11.3 Å². The molecule has 1 aromatic heterocycles. The molecule has 2 aromatic rings. The van der Waals surface area contributed by atoms with Gasteiger partial charge in [-0.3, -0.25) is 9.88 Å². The van der Waals surface area contributed by atoms with E-state index in [-0.39, 0.29) is 35.3 Å². The van der Waals surface area contributed by atoms with E-state index in [4.69, 9.17) is 9.47 Å². The summed E-state index contributed by atoms with van der Waals surface area (Å²) in [4.78, 5) is 11.0. The van der Waals surface area contributed by atoms with Gasteiger partial charge in [-0.1, -0.05) is 6.07 Å². The van der Waals surface area contributed by atoms with Crippen LogP contribution >= 0.6 is 24.0 Å². The number of aliphatic imine (C=N–C) groups is 1. The zero-order chi connectivity index (χ0) is 22.1. The Bertz CT molecular complexity index is 861. The highest BCUT2D eigenvalue weighted by molar-refractivity contribution is 14.0. The predicted molar refractivity (Wildman–Crippen MR) is 135 cm³/mol. The first-order valence-corrected chi connectivity index (χ1v) is 10.7. The van der Waals surface area contributed by atoms with Gasteiger partial charge in [0.15, 0.2) is 17.5 Å². The highest BCUT2D eigenvalue weighted by atomic mass is 127. The molecule has 176 valence electrons. The van der Waals surface area contributed by atoms with Crippen molar-refractivity contribution in [2.75, 3.05) is 39.4 Å². The summed E-state index contributed by atoms with van der Waals surface area (Å²) in [7, 11) is 0. The summed E-state index contributed by atoms with van der Waals surface area (Å²) < 4.78 is 25.5. The lowest BCUT2D eigenvalue weighted by Gasteiger charge is -2.41. The van der Waals surface area contributed by atoms with Gasteiger partial charge in [-0.25, -0.2) is 9.38 Å². The number of nitrogens with zero attached hydrogens (tertiary/aromatic N) is 3. The largest absolute Gasteiger partial charge is 0.453 e. The van der Waals surface area contributed by atoms with Crippen LogP contribution in [0.1, 0.15) is 26.3 Å². The standard InChI is InChI=1S/C23H32FN5O2.HI/c1-4-26-22(28-17-23(2,3)29-10-12-30-13-11-29)27-15-18-7-8-21(20(24)14-18)31-19-6-5-9-25-16-19;/h5-9,14,16H,4,10-13,15,17H2,1-3H3,(H2,26,27,28);1H. The first kappa shape index (κ1) is 26.3. The minimum absolute atomic E-state index is 0. The van der Waals surface area contributed by atoms with Crippen LogP contribution < -0.4 is 15.4 Å². The van der Waals surface area contributed by atoms with Gasteiger partial charge < -0.3 is 20.1 Å². The fourth-order valence-corrected chi connectivity index (χ4v) is 3.35. The maximum absolute atomic E-state index is 14.5. The molecule has 7 nitrogen and oxygen atoms in total. The number of morpholine rings is 1. The summed E-state index contributed by atoms with van der Waals surface area (Å²) in [6, 6.07) is 8.37. The van der Waals surface area contributed by atoms with Crippen molar-refractivity contribution in [3.05, 3.63) is 54.1 Å². The smallest absolute Gasteiger partial charge is 0.191 e. The molecule has 1 aliphatic rings. The molecule has 0 radical (unpaired) electrons. The third kappa shape index (κ3) is 7.86. The molecular formula is C23H33FIN5O2. The molecule has 0 atom stereocenters. The number of pyridine rings is 1. The van der Waals surface area contributed by atoms with Gasteiger partial charge in [0.25, 0.3) is 0 Å². The van der Waals surface area contributed by atoms with Crippen LogP contribution in [0.15, 0.2) is 47.7 Å². The minimum Gasteiger partial charge on any atom is -0.453 e. The Morgan fingerprint density at radius 1 is 1.25 bits per heavy atom. The summed E-state index contributed by atoms with van der Waals surface area (Å²) in [6.45, 7) is 11.7. The second-order valence-corrected chi connectivity index (χ2v) is 8.02. The first-order chi connectivity index (χ1) is 15.0. The monoisotopic (exact) mass is 557 g/mol. The SMILES string of the molecule is CCNC(=NCc1ccc(Oc2cccnc2)c(F)c1)NCC(C)(C)N1CCOCC1.I. The number of halogens is 2. The summed E-state index contributed by atoms with van der Waals surface area (Å²) >= 11 is 0. The molecule has 0 bridgehead atoms. The van der Waals surface area contributed by atoms with Gasteiger partial charge in [0.1, 0.15) is 5.75 Å². The molecule has 0 saturated carbocycles. The van der Waals surface area contributed by atoms with Crippen molar-refractivity contribution >= 4 is 29.9 Å². The summed E-state index contributed by atoms with van der Waals surface area (Å²) in [5.74, 6) is 0.939. The number of nitrogens with one attached hydrogen (secondary N) is 2. The Balaban J connectivity index is 0.00000363. The summed E-state index contributed by atoms with van der Waals surface area (Å²) in [5.41, 5.74) is 0.734. The number of ether oxygens (including phenoxy) is 2. The van der Waals surface area contributed by atoms with Crippen LogP contribution in [0.4, 0.5) is 4.39 Å². The van der Waals surface area contributed by atoms with E-state index < -0.39 is 5.82 Å². The van der Waals surface area contributed by atoms with Gasteiger partial charge in [0, 0.05) is 37.9 Å². The molecule has 3 rings (SSSR count). The molecule has 1 aromatic carbocycles. The molecule has 2 N–H and O–H groups in total. The quantitative estimate of drug-likeness (QED) is 0.293. The number of benzene rings is 1. The van der Waals surface area contributed by atoms with E-state index in [1.165, 1.54) is 6.07 Å². The van der Waals surface area contributed by atoms with Crippen molar-refractivity contribution in [2.45, 2.75) is 32.9 Å². The molecule has 2 heterocycles. The molecule has 0 unspecified atom stereocenters. The Kier molecular flexibility index (Phi) is 10.6. The fourth-order valence-electron chi connectivity index (χ4n) is 3.35. The third-order valence-electron chi connectivity index (χ3n) is 5.18. The molecule has 0 amide bonds. The van der Waals surface area contributed by atoms with Crippen molar-refractivity contribution in [3.63, 3.8) is 0 Å².